The van der Waals surface area contributed by atoms with Gasteiger partial charge in [-0.2, -0.15) is 0 Å². The number of allylic oxidation sites excluding steroid dienone is 2. The van der Waals surface area contributed by atoms with Gasteiger partial charge < -0.3 is 14.3 Å². The van der Waals surface area contributed by atoms with Gasteiger partial charge in [-0.15, -0.1) is 0 Å². The van der Waals surface area contributed by atoms with Gasteiger partial charge in [-0.05, 0) is 70.0 Å². The summed E-state index contributed by atoms with van der Waals surface area (Å²) in [5.74, 6) is 1.39. The van der Waals surface area contributed by atoms with Gasteiger partial charge in [0.1, 0.15) is 28.4 Å². The van der Waals surface area contributed by atoms with E-state index in [9.17, 15) is 9.90 Å². The molecule has 0 fully saturated rings. The summed E-state index contributed by atoms with van der Waals surface area (Å²) >= 11 is 0. The second-order valence-electron chi connectivity index (χ2n) is 8.23. The third-order valence-electron chi connectivity index (χ3n) is 4.99. The van der Waals surface area contributed by atoms with Gasteiger partial charge in [-0.25, -0.2) is 0 Å². The molecule has 0 spiro atoms. The lowest BCUT2D eigenvalue weighted by Gasteiger charge is -2.27. The van der Waals surface area contributed by atoms with Crippen molar-refractivity contribution in [1.82, 2.24) is 0 Å². The molecule has 0 aliphatic carbocycles. The van der Waals surface area contributed by atoms with E-state index in [0.717, 1.165) is 16.7 Å². The summed E-state index contributed by atoms with van der Waals surface area (Å²) < 4.78 is 12.1. The monoisotopic (exact) mass is 388 g/mol. The molecule has 4 heteroatoms. The summed E-state index contributed by atoms with van der Waals surface area (Å²) in [7, 11) is 0. The van der Waals surface area contributed by atoms with Crippen molar-refractivity contribution < 1.29 is 14.3 Å². The van der Waals surface area contributed by atoms with Crippen molar-refractivity contribution >= 4 is 17.0 Å². The summed E-state index contributed by atoms with van der Waals surface area (Å²) in [6.45, 7) is 7.99. The maximum Gasteiger partial charge on any atom is 0.193 e. The predicted octanol–water partition coefficient (Wildman–Crippen LogP) is 5.86. The van der Waals surface area contributed by atoms with Gasteiger partial charge >= 0.3 is 0 Å². The van der Waals surface area contributed by atoms with Gasteiger partial charge in [0.15, 0.2) is 5.43 Å². The van der Waals surface area contributed by atoms with E-state index in [1.54, 1.807) is 18.2 Å². The first-order valence-corrected chi connectivity index (χ1v) is 9.68. The van der Waals surface area contributed by atoms with E-state index in [4.69, 9.17) is 9.15 Å². The fraction of sp³-hybridized carbons (Fsp3) is 0.240. The lowest BCUT2D eigenvalue weighted by Crippen LogP contribution is -2.27. The van der Waals surface area contributed by atoms with Crippen molar-refractivity contribution in [3.8, 4) is 22.8 Å². The maximum atomic E-state index is 12.8. The van der Waals surface area contributed by atoms with Gasteiger partial charge in [0.2, 0.25) is 0 Å². The lowest BCUT2D eigenvalue weighted by molar-refractivity contribution is 0.159. The minimum atomic E-state index is -0.407. The van der Waals surface area contributed by atoms with Crippen molar-refractivity contribution in [2.45, 2.75) is 39.7 Å². The second kappa shape index (κ2) is 6.96. The molecule has 29 heavy (non-hydrogen) atoms. The fourth-order valence-corrected chi connectivity index (χ4v) is 3.38. The zero-order chi connectivity index (χ0) is 20.8. The average Bonchev–Trinajstić information content (AvgIpc) is 2.65. The molecule has 0 radical (unpaired) electrons. The number of ether oxygens (including phenoxy) is 1. The van der Waals surface area contributed by atoms with Gasteiger partial charge in [0, 0.05) is 23.3 Å². The number of hydrogen-bond donors (Lipinski definition) is 1. The molecule has 4 nitrogen and oxygen atoms in total. The molecule has 0 saturated carbocycles. The first-order valence-electron chi connectivity index (χ1n) is 9.68. The van der Waals surface area contributed by atoms with Crippen molar-refractivity contribution in [1.29, 1.82) is 0 Å². The third kappa shape index (κ3) is 3.83. The maximum absolute atomic E-state index is 12.8. The minimum absolute atomic E-state index is 0.110. The molecule has 148 valence electrons. The first kappa shape index (κ1) is 19.1. The Kier molecular flexibility index (Phi) is 4.58. The molecule has 0 atom stereocenters. The van der Waals surface area contributed by atoms with Crippen LogP contribution < -0.4 is 10.2 Å². The van der Waals surface area contributed by atoms with Crippen molar-refractivity contribution in [3.05, 3.63) is 75.5 Å². The van der Waals surface area contributed by atoms with E-state index in [1.807, 2.05) is 58.1 Å². The zero-order valence-corrected chi connectivity index (χ0v) is 17.1. The number of phenols is 1. The van der Waals surface area contributed by atoms with Crippen LogP contribution in [0.15, 0.2) is 63.3 Å². The highest BCUT2D eigenvalue weighted by atomic mass is 16.5. The molecule has 0 saturated heterocycles. The largest absolute Gasteiger partial charge is 0.508 e. The Hall–Kier alpha value is -3.27. The standard InChI is InChI=1S/C25H24O4/c1-15(2)5-6-16-11-17(7-8-20(16)26)22-13-21(27)19-12-18-9-10-25(3,4)29-23(18)14-24(19)28-22/h5,7-14,26H,6H2,1-4H3. The number of benzene rings is 2. The van der Waals surface area contributed by atoms with Crippen LogP contribution in [-0.2, 0) is 6.42 Å². The number of rotatable bonds is 3. The van der Waals surface area contributed by atoms with Crippen LogP contribution in [0.5, 0.6) is 11.5 Å². The molecule has 1 aliphatic rings. The highest BCUT2D eigenvalue weighted by Crippen LogP contribution is 2.35. The molecule has 0 unspecified atom stereocenters. The van der Waals surface area contributed by atoms with Crippen LogP contribution >= 0.6 is 0 Å². The Labute approximate surface area is 169 Å². The molecule has 0 amide bonds. The molecule has 1 aromatic heterocycles. The highest BCUT2D eigenvalue weighted by Gasteiger charge is 2.23. The van der Waals surface area contributed by atoms with Gasteiger partial charge in [0.25, 0.3) is 0 Å². The van der Waals surface area contributed by atoms with E-state index < -0.39 is 5.60 Å². The lowest BCUT2D eigenvalue weighted by atomic mass is 10.0. The van der Waals surface area contributed by atoms with E-state index in [2.05, 4.69) is 0 Å². The van der Waals surface area contributed by atoms with Crippen LogP contribution in [-0.4, -0.2) is 10.7 Å². The average molecular weight is 388 g/mol. The fourth-order valence-electron chi connectivity index (χ4n) is 3.38. The number of hydrogen-bond acceptors (Lipinski definition) is 4. The van der Waals surface area contributed by atoms with E-state index in [-0.39, 0.29) is 11.2 Å². The minimum Gasteiger partial charge on any atom is -0.508 e. The normalized spacial score (nSPS) is 14.3. The number of aromatic hydroxyl groups is 1. The van der Waals surface area contributed by atoms with Gasteiger partial charge in [-0.3, -0.25) is 4.79 Å². The van der Waals surface area contributed by atoms with Crippen molar-refractivity contribution in [3.63, 3.8) is 0 Å². The van der Waals surface area contributed by atoms with Crippen LogP contribution in [0.25, 0.3) is 28.4 Å². The Bertz CT molecular complexity index is 1220. The summed E-state index contributed by atoms with van der Waals surface area (Å²) in [5, 5.41) is 10.7. The second-order valence-corrected chi connectivity index (χ2v) is 8.23. The van der Waals surface area contributed by atoms with E-state index in [1.165, 1.54) is 11.6 Å². The molecular weight excluding hydrogens is 364 g/mol. The molecule has 1 N–H and O–H groups in total. The molecule has 3 aromatic rings. The molecule has 1 aliphatic heterocycles. The summed E-state index contributed by atoms with van der Waals surface area (Å²) in [6, 6.07) is 10.3. The topological polar surface area (TPSA) is 59.7 Å². The molecule has 4 rings (SSSR count). The smallest absolute Gasteiger partial charge is 0.193 e. The Balaban J connectivity index is 1.82. The summed E-state index contributed by atoms with van der Waals surface area (Å²) in [6.07, 6.45) is 6.61. The Morgan fingerprint density at radius 3 is 2.69 bits per heavy atom. The van der Waals surface area contributed by atoms with Gasteiger partial charge in [-0.1, -0.05) is 17.7 Å². The Morgan fingerprint density at radius 1 is 1.14 bits per heavy atom. The molecular formula is C25H24O4. The van der Waals surface area contributed by atoms with Crippen LogP contribution in [0.2, 0.25) is 0 Å². The number of phenolic OH excluding ortho intramolecular Hbond substituents is 1. The van der Waals surface area contributed by atoms with Crippen LogP contribution in [0.3, 0.4) is 0 Å². The quantitative estimate of drug-likeness (QED) is 0.571. The van der Waals surface area contributed by atoms with Crippen LogP contribution in [0, 0.1) is 0 Å². The Morgan fingerprint density at radius 2 is 1.93 bits per heavy atom. The SMILES string of the molecule is CC(C)=CCc1cc(-c2cc(=O)c3cc4c(cc3o2)OC(C)(C)C=C4)ccc1O. The van der Waals surface area contributed by atoms with Gasteiger partial charge in [0.05, 0.1) is 5.39 Å². The molecule has 2 heterocycles. The van der Waals surface area contributed by atoms with E-state index >= 15 is 0 Å². The highest BCUT2D eigenvalue weighted by molar-refractivity contribution is 5.84. The third-order valence-corrected chi connectivity index (χ3v) is 4.99. The predicted molar refractivity (Wildman–Crippen MR) is 116 cm³/mol. The van der Waals surface area contributed by atoms with Crippen LogP contribution in [0.1, 0.15) is 38.8 Å². The van der Waals surface area contributed by atoms with Crippen LogP contribution in [0.4, 0.5) is 0 Å². The number of fused-ring (bicyclic) bond motifs is 2. The first-order chi connectivity index (χ1) is 13.7. The molecule has 2 aromatic carbocycles. The summed E-state index contributed by atoms with van der Waals surface area (Å²) in [5.41, 5.74) is 3.54. The van der Waals surface area contributed by atoms with Crippen molar-refractivity contribution in [2.75, 3.05) is 0 Å². The van der Waals surface area contributed by atoms with E-state index in [0.29, 0.717) is 28.9 Å². The van der Waals surface area contributed by atoms with Crippen molar-refractivity contribution in [2.24, 2.45) is 0 Å². The molecule has 0 bridgehead atoms. The summed E-state index contributed by atoms with van der Waals surface area (Å²) in [4.78, 5) is 12.8. The zero-order valence-electron chi connectivity index (χ0n) is 17.1.